The van der Waals surface area contributed by atoms with Crippen molar-refractivity contribution in [1.82, 2.24) is 5.32 Å². The first kappa shape index (κ1) is 14.9. The van der Waals surface area contributed by atoms with Gasteiger partial charge in [-0.05, 0) is 36.3 Å². The quantitative estimate of drug-likeness (QED) is 0.868. The molecule has 5 heteroatoms. The Kier molecular flexibility index (Phi) is 5.06. The number of aliphatic hydroxyl groups excluding tert-OH is 1. The van der Waals surface area contributed by atoms with E-state index in [9.17, 15) is 18.7 Å². The molecule has 0 radical (unpaired) electrons. The zero-order valence-corrected chi connectivity index (χ0v) is 11.2. The molecule has 1 saturated carbocycles. The van der Waals surface area contributed by atoms with Crippen LogP contribution in [0.5, 0.6) is 0 Å². The van der Waals surface area contributed by atoms with Gasteiger partial charge in [-0.15, -0.1) is 0 Å². The number of amides is 1. The van der Waals surface area contributed by atoms with E-state index in [4.69, 9.17) is 0 Å². The summed E-state index contributed by atoms with van der Waals surface area (Å²) in [6.45, 7) is 0.653. The third-order valence-corrected chi connectivity index (χ3v) is 3.98. The van der Waals surface area contributed by atoms with Gasteiger partial charge in [0.2, 0.25) is 5.91 Å². The topological polar surface area (TPSA) is 49.3 Å². The van der Waals surface area contributed by atoms with Crippen LogP contribution in [0.4, 0.5) is 8.78 Å². The molecule has 2 unspecified atom stereocenters. The summed E-state index contributed by atoms with van der Waals surface area (Å²) in [6, 6.07) is 3.21. The van der Waals surface area contributed by atoms with Gasteiger partial charge in [0.15, 0.2) is 0 Å². The lowest BCUT2D eigenvalue weighted by atomic mass is 9.97. The third-order valence-electron chi connectivity index (χ3n) is 3.98. The van der Waals surface area contributed by atoms with Crippen molar-refractivity contribution in [2.45, 2.75) is 25.7 Å². The molecule has 2 atom stereocenters. The lowest BCUT2D eigenvalue weighted by Crippen LogP contribution is -2.32. The van der Waals surface area contributed by atoms with Gasteiger partial charge in [-0.2, -0.15) is 0 Å². The van der Waals surface area contributed by atoms with Crippen LogP contribution in [0.15, 0.2) is 18.2 Å². The number of aliphatic hydroxyl groups is 1. The zero-order chi connectivity index (χ0) is 14.5. The van der Waals surface area contributed by atoms with E-state index in [-0.39, 0.29) is 30.4 Å². The lowest BCUT2D eigenvalue weighted by Gasteiger charge is -2.17. The summed E-state index contributed by atoms with van der Waals surface area (Å²) in [7, 11) is 0. The summed E-state index contributed by atoms with van der Waals surface area (Å²) in [5.74, 6) is -1.09. The molecule has 1 fully saturated rings. The van der Waals surface area contributed by atoms with Crippen molar-refractivity contribution in [3.63, 3.8) is 0 Å². The average molecular weight is 283 g/mol. The highest BCUT2D eigenvalue weighted by Gasteiger charge is 2.26. The molecule has 0 aliphatic heterocycles. The van der Waals surface area contributed by atoms with Crippen LogP contribution < -0.4 is 5.32 Å². The van der Waals surface area contributed by atoms with E-state index in [0.29, 0.717) is 12.5 Å². The molecule has 1 aromatic rings. The van der Waals surface area contributed by atoms with Crippen LogP contribution in [-0.2, 0) is 11.2 Å². The molecule has 0 heterocycles. The monoisotopic (exact) mass is 283 g/mol. The molecular weight excluding hydrogens is 264 g/mol. The number of benzene rings is 1. The number of hydrogen-bond donors (Lipinski definition) is 2. The molecule has 2 rings (SSSR count). The minimum absolute atomic E-state index is 0.0946. The van der Waals surface area contributed by atoms with Crippen molar-refractivity contribution in [3.05, 3.63) is 35.4 Å². The number of hydrogen-bond acceptors (Lipinski definition) is 2. The molecule has 110 valence electrons. The van der Waals surface area contributed by atoms with Crippen LogP contribution in [0.3, 0.4) is 0 Å². The zero-order valence-electron chi connectivity index (χ0n) is 11.2. The van der Waals surface area contributed by atoms with Crippen LogP contribution in [0, 0.1) is 23.5 Å². The standard InChI is InChI=1S/C15H19F2NO2/c16-13-5-4-10(14(17)7-13)6-15(20)18-8-11-2-1-3-12(11)9-19/h4-5,7,11-12,19H,1-3,6,8-9H2,(H,18,20). The summed E-state index contributed by atoms with van der Waals surface area (Å²) in [5.41, 5.74) is 0.189. The largest absolute Gasteiger partial charge is 0.396 e. The summed E-state index contributed by atoms with van der Waals surface area (Å²) in [4.78, 5) is 11.8. The fraction of sp³-hybridized carbons (Fsp3) is 0.533. The number of nitrogens with one attached hydrogen (secondary N) is 1. The van der Waals surface area contributed by atoms with Gasteiger partial charge >= 0.3 is 0 Å². The minimum Gasteiger partial charge on any atom is -0.396 e. The Morgan fingerprint density at radius 3 is 2.75 bits per heavy atom. The Morgan fingerprint density at radius 1 is 1.30 bits per heavy atom. The molecule has 0 saturated heterocycles. The first-order valence-electron chi connectivity index (χ1n) is 6.91. The second kappa shape index (κ2) is 6.79. The Labute approximate surface area is 117 Å². The maximum atomic E-state index is 13.4. The van der Waals surface area contributed by atoms with E-state index in [1.54, 1.807) is 0 Å². The highest BCUT2D eigenvalue weighted by molar-refractivity contribution is 5.78. The maximum Gasteiger partial charge on any atom is 0.224 e. The van der Waals surface area contributed by atoms with E-state index in [1.807, 2.05) is 0 Å². The van der Waals surface area contributed by atoms with Crippen molar-refractivity contribution >= 4 is 5.91 Å². The van der Waals surface area contributed by atoms with Crippen LogP contribution >= 0.6 is 0 Å². The van der Waals surface area contributed by atoms with E-state index in [1.165, 1.54) is 6.07 Å². The molecule has 1 aliphatic rings. The van der Waals surface area contributed by atoms with E-state index >= 15 is 0 Å². The first-order chi connectivity index (χ1) is 9.60. The van der Waals surface area contributed by atoms with Gasteiger partial charge in [0.25, 0.3) is 0 Å². The molecule has 0 bridgehead atoms. The van der Waals surface area contributed by atoms with Crippen LogP contribution in [-0.4, -0.2) is 24.2 Å². The number of rotatable bonds is 5. The summed E-state index contributed by atoms with van der Waals surface area (Å²) in [6.07, 6.45) is 2.96. The minimum atomic E-state index is -0.700. The van der Waals surface area contributed by atoms with Gasteiger partial charge in [-0.1, -0.05) is 12.5 Å². The highest BCUT2D eigenvalue weighted by Crippen LogP contribution is 2.30. The Hall–Kier alpha value is -1.49. The number of carbonyl (C=O) groups excluding carboxylic acids is 1. The van der Waals surface area contributed by atoms with Crippen LogP contribution in [0.2, 0.25) is 0 Å². The Morgan fingerprint density at radius 2 is 2.05 bits per heavy atom. The maximum absolute atomic E-state index is 13.4. The molecular formula is C15H19F2NO2. The highest BCUT2D eigenvalue weighted by atomic mass is 19.1. The summed E-state index contributed by atoms with van der Waals surface area (Å²) in [5, 5.41) is 12.0. The van der Waals surface area contributed by atoms with E-state index in [2.05, 4.69) is 5.32 Å². The lowest BCUT2D eigenvalue weighted by molar-refractivity contribution is -0.120. The van der Waals surface area contributed by atoms with Gasteiger partial charge in [0, 0.05) is 19.2 Å². The number of halogens is 2. The van der Waals surface area contributed by atoms with Gasteiger partial charge in [0.05, 0.1) is 6.42 Å². The molecule has 1 aliphatic carbocycles. The predicted octanol–water partition coefficient (Wildman–Crippen LogP) is 2.03. The van der Waals surface area contributed by atoms with Gasteiger partial charge in [0.1, 0.15) is 11.6 Å². The van der Waals surface area contributed by atoms with Gasteiger partial charge < -0.3 is 10.4 Å². The second-order valence-electron chi connectivity index (χ2n) is 5.35. The summed E-state index contributed by atoms with van der Waals surface area (Å²) < 4.78 is 26.2. The normalized spacial score (nSPS) is 21.9. The predicted molar refractivity (Wildman–Crippen MR) is 71.0 cm³/mol. The SMILES string of the molecule is O=C(Cc1ccc(F)cc1F)NCC1CCCC1CO. The van der Waals surface area contributed by atoms with E-state index in [0.717, 1.165) is 31.4 Å². The Bertz CT molecular complexity index is 479. The van der Waals surface area contributed by atoms with E-state index < -0.39 is 11.6 Å². The molecule has 1 amide bonds. The third kappa shape index (κ3) is 3.76. The van der Waals surface area contributed by atoms with Crippen molar-refractivity contribution in [3.8, 4) is 0 Å². The smallest absolute Gasteiger partial charge is 0.224 e. The van der Waals surface area contributed by atoms with Gasteiger partial charge in [-0.25, -0.2) is 8.78 Å². The second-order valence-corrected chi connectivity index (χ2v) is 5.35. The fourth-order valence-electron chi connectivity index (χ4n) is 2.77. The fourth-order valence-corrected chi connectivity index (χ4v) is 2.77. The molecule has 2 N–H and O–H groups in total. The van der Waals surface area contributed by atoms with Crippen LogP contribution in [0.1, 0.15) is 24.8 Å². The van der Waals surface area contributed by atoms with Crippen molar-refractivity contribution < 1.29 is 18.7 Å². The van der Waals surface area contributed by atoms with Crippen molar-refractivity contribution in [1.29, 1.82) is 0 Å². The van der Waals surface area contributed by atoms with Gasteiger partial charge in [-0.3, -0.25) is 4.79 Å². The van der Waals surface area contributed by atoms with Crippen molar-refractivity contribution in [2.75, 3.05) is 13.2 Å². The molecule has 1 aromatic carbocycles. The van der Waals surface area contributed by atoms with Crippen molar-refractivity contribution in [2.24, 2.45) is 11.8 Å². The summed E-state index contributed by atoms with van der Waals surface area (Å²) >= 11 is 0. The average Bonchev–Trinajstić information content (AvgIpc) is 2.87. The Balaban J connectivity index is 1.83. The molecule has 20 heavy (non-hydrogen) atoms. The molecule has 3 nitrogen and oxygen atoms in total. The number of carbonyl (C=O) groups is 1. The molecule has 0 aromatic heterocycles. The molecule has 0 spiro atoms. The first-order valence-corrected chi connectivity index (χ1v) is 6.91. The van der Waals surface area contributed by atoms with Crippen LogP contribution in [0.25, 0.3) is 0 Å².